The molecule has 108 valence electrons. The molecule has 0 aliphatic heterocycles. The summed E-state index contributed by atoms with van der Waals surface area (Å²) in [4.78, 5) is 5.58. The van der Waals surface area contributed by atoms with Gasteiger partial charge in [-0.15, -0.1) is 11.8 Å². The van der Waals surface area contributed by atoms with Crippen LogP contribution in [0.1, 0.15) is 32.5 Å². The average Bonchev–Trinajstić information content (AvgIpc) is 2.88. The first kappa shape index (κ1) is 15.4. The molecular formula is C14H18ClN3OS. The topological polar surface area (TPSA) is 51.0 Å². The summed E-state index contributed by atoms with van der Waals surface area (Å²) in [6.45, 7) is 6.96. The zero-order valence-electron chi connectivity index (χ0n) is 11.8. The molecule has 0 fully saturated rings. The molecule has 0 unspecified atom stereocenters. The zero-order valence-corrected chi connectivity index (χ0v) is 13.4. The van der Waals surface area contributed by atoms with E-state index < -0.39 is 0 Å². The second kappa shape index (κ2) is 6.61. The number of hydrogen-bond acceptors (Lipinski definition) is 5. The normalized spacial score (nSPS) is 11.8. The van der Waals surface area contributed by atoms with Gasteiger partial charge in [-0.1, -0.05) is 23.7 Å². The van der Waals surface area contributed by atoms with Gasteiger partial charge in [-0.05, 0) is 44.7 Å². The van der Waals surface area contributed by atoms with Crippen LogP contribution < -0.4 is 5.32 Å². The van der Waals surface area contributed by atoms with Crippen molar-refractivity contribution in [3.05, 3.63) is 41.0 Å². The number of nitrogens with zero attached hydrogens (tertiary/aromatic N) is 2. The number of hydrogen-bond donors (Lipinski definition) is 1. The van der Waals surface area contributed by atoms with Crippen LogP contribution >= 0.6 is 23.4 Å². The van der Waals surface area contributed by atoms with E-state index in [9.17, 15) is 0 Å². The summed E-state index contributed by atoms with van der Waals surface area (Å²) in [5.41, 5.74) is -0.301. The largest absolute Gasteiger partial charge is 0.337 e. The van der Waals surface area contributed by atoms with Crippen molar-refractivity contribution >= 4 is 23.4 Å². The monoisotopic (exact) mass is 311 g/mol. The van der Waals surface area contributed by atoms with E-state index in [1.165, 1.54) is 0 Å². The molecule has 0 aliphatic rings. The molecule has 0 radical (unpaired) electrons. The van der Waals surface area contributed by atoms with Gasteiger partial charge < -0.3 is 9.84 Å². The highest BCUT2D eigenvalue weighted by Gasteiger charge is 2.26. The minimum Gasteiger partial charge on any atom is -0.337 e. The predicted molar refractivity (Wildman–Crippen MR) is 82.0 cm³/mol. The van der Waals surface area contributed by atoms with Crippen molar-refractivity contribution in [2.45, 2.75) is 37.0 Å². The number of nitrogens with one attached hydrogen (secondary N) is 1. The lowest BCUT2D eigenvalue weighted by Gasteiger charge is -2.20. The van der Waals surface area contributed by atoms with Gasteiger partial charge in [0, 0.05) is 9.92 Å². The van der Waals surface area contributed by atoms with Crippen LogP contribution in [0.15, 0.2) is 33.7 Å². The van der Waals surface area contributed by atoms with Gasteiger partial charge in [0.05, 0.1) is 11.3 Å². The Morgan fingerprint density at radius 3 is 2.65 bits per heavy atom. The Morgan fingerprint density at radius 2 is 2.00 bits per heavy atom. The average molecular weight is 312 g/mol. The van der Waals surface area contributed by atoms with Crippen molar-refractivity contribution in [3.63, 3.8) is 0 Å². The van der Waals surface area contributed by atoms with Gasteiger partial charge >= 0.3 is 0 Å². The lowest BCUT2D eigenvalue weighted by molar-refractivity contribution is 0.271. The summed E-state index contributed by atoms with van der Waals surface area (Å²) in [6.07, 6.45) is 0. The lowest BCUT2D eigenvalue weighted by atomic mass is 10.1. The van der Waals surface area contributed by atoms with Crippen molar-refractivity contribution in [2.24, 2.45) is 0 Å². The van der Waals surface area contributed by atoms with Crippen molar-refractivity contribution in [1.29, 1.82) is 0 Å². The molecule has 2 rings (SSSR count). The smallest absolute Gasteiger partial charge is 0.246 e. The van der Waals surface area contributed by atoms with Gasteiger partial charge in [-0.25, -0.2) is 0 Å². The highest BCUT2D eigenvalue weighted by atomic mass is 35.5. The number of aromatic nitrogens is 2. The third-order valence-corrected chi connectivity index (χ3v) is 4.06. The minimum atomic E-state index is -0.301. The molecule has 1 aromatic carbocycles. The summed E-state index contributed by atoms with van der Waals surface area (Å²) < 4.78 is 5.33. The van der Waals surface area contributed by atoms with E-state index >= 15 is 0 Å². The number of halogens is 1. The van der Waals surface area contributed by atoms with Crippen molar-refractivity contribution in [2.75, 3.05) is 6.54 Å². The molecule has 0 bridgehead atoms. The van der Waals surface area contributed by atoms with Crippen molar-refractivity contribution in [3.8, 4) is 0 Å². The summed E-state index contributed by atoms with van der Waals surface area (Å²) in [6, 6.07) is 7.72. The molecule has 1 aromatic heterocycles. The molecule has 4 nitrogen and oxygen atoms in total. The Bertz CT molecular complexity index is 554. The van der Waals surface area contributed by atoms with Crippen LogP contribution in [0.4, 0.5) is 0 Å². The Morgan fingerprint density at radius 1 is 1.30 bits per heavy atom. The first-order chi connectivity index (χ1) is 9.51. The van der Waals surface area contributed by atoms with Crippen LogP contribution in [0.25, 0.3) is 0 Å². The van der Waals surface area contributed by atoms with Crippen LogP contribution in [0.3, 0.4) is 0 Å². The molecule has 6 heteroatoms. The van der Waals surface area contributed by atoms with Gasteiger partial charge in [0.25, 0.3) is 0 Å². The van der Waals surface area contributed by atoms with E-state index in [1.807, 2.05) is 38.1 Å². The summed E-state index contributed by atoms with van der Waals surface area (Å²) in [5, 5.41) is 8.08. The fourth-order valence-corrected chi connectivity index (χ4v) is 2.63. The predicted octanol–water partition coefficient (Wildman–Crippen LogP) is 3.86. The summed E-state index contributed by atoms with van der Waals surface area (Å²) in [7, 11) is 0. The number of rotatable bonds is 6. The molecule has 1 N–H and O–H groups in total. The highest BCUT2D eigenvalue weighted by molar-refractivity contribution is 7.98. The van der Waals surface area contributed by atoms with Gasteiger partial charge in [0.1, 0.15) is 0 Å². The van der Waals surface area contributed by atoms with E-state index in [0.29, 0.717) is 17.5 Å². The Labute approximate surface area is 128 Å². The molecule has 20 heavy (non-hydrogen) atoms. The third-order valence-electron chi connectivity index (χ3n) is 2.80. The maximum atomic E-state index is 5.86. The number of benzene rings is 1. The first-order valence-electron chi connectivity index (χ1n) is 6.47. The maximum absolute atomic E-state index is 5.86. The molecule has 0 saturated heterocycles. The van der Waals surface area contributed by atoms with Crippen LogP contribution in [-0.2, 0) is 11.3 Å². The first-order valence-corrected chi connectivity index (χ1v) is 7.84. The van der Waals surface area contributed by atoms with Crippen molar-refractivity contribution < 1.29 is 4.52 Å². The quantitative estimate of drug-likeness (QED) is 0.821. The molecule has 0 saturated carbocycles. The fraction of sp³-hybridized carbons (Fsp3) is 0.429. The van der Waals surface area contributed by atoms with Gasteiger partial charge in [-0.3, -0.25) is 0 Å². The second-order valence-electron chi connectivity index (χ2n) is 4.91. The molecule has 2 aromatic rings. The van der Waals surface area contributed by atoms with E-state index in [4.69, 9.17) is 16.1 Å². The SMILES string of the molecule is CCNC(C)(C)c1nc(CSc2ccc(Cl)cc2)no1. The van der Waals surface area contributed by atoms with Gasteiger partial charge in [0.15, 0.2) is 5.82 Å². The van der Waals surface area contributed by atoms with Crippen LogP contribution in [-0.4, -0.2) is 16.7 Å². The van der Waals surface area contributed by atoms with Gasteiger partial charge in [-0.2, -0.15) is 4.98 Å². The van der Waals surface area contributed by atoms with Crippen molar-refractivity contribution in [1.82, 2.24) is 15.5 Å². The Hall–Kier alpha value is -1.04. The van der Waals surface area contributed by atoms with E-state index in [2.05, 4.69) is 22.4 Å². The molecule has 0 spiro atoms. The minimum absolute atomic E-state index is 0.301. The second-order valence-corrected chi connectivity index (χ2v) is 6.40. The zero-order chi connectivity index (χ0) is 14.6. The standard InChI is InChI=1S/C14H18ClN3OS/c1-4-16-14(2,3)13-17-12(18-19-13)9-20-11-7-5-10(15)6-8-11/h5-8,16H,4,9H2,1-3H3. The van der Waals surface area contributed by atoms with Gasteiger partial charge in [0.2, 0.25) is 5.89 Å². The van der Waals surface area contributed by atoms with E-state index in [0.717, 1.165) is 16.5 Å². The highest BCUT2D eigenvalue weighted by Crippen LogP contribution is 2.24. The molecule has 0 aliphatic carbocycles. The Balaban J connectivity index is 1.97. The lowest BCUT2D eigenvalue weighted by Crippen LogP contribution is -2.36. The van der Waals surface area contributed by atoms with E-state index in [1.54, 1.807) is 11.8 Å². The fourth-order valence-electron chi connectivity index (χ4n) is 1.76. The van der Waals surface area contributed by atoms with E-state index in [-0.39, 0.29) is 5.54 Å². The van der Waals surface area contributed by atoms with Crippen LogP contribution in [0, 0.1) is 0 Å². The number of thioether (sulfide) groups is 1. The molecule has 0 atom stereocenters. The summed E-state index contributed by atoms with van der Waals surface area (Å²) >= 11 is 7.51. The van der Waals surface area contributed by atoms with Crippen LogP contribution in [0.5, 0.6) is 0 Å². The molecule has 0 amide bonds. The Kier molecular flexibility index (Phi) is 5.07. The maximum Gasteiger partial charge on any atom is 0.246 e. The summed E-state index contributed by atoms with van der Waals surface area (Å²) in [5.74, 6) is 1.99. The molecular weight excluding hydrogens is 294 g/mol. The molecule has 1 heterocycles. The van der Waals surface area contributed by atoms with Crippen LogP contribution in [0.2, 0.25) is 5.02 Å². The third kappa shape index (κ3) is 3.98.